The lowest BCUT2D eigenvalue weighted by Gasteiger charge is -1.90. The fraction of sp³-hybridized carbons (Fsp3) is 0.750. The van der Waals surface area contributed by atoms with Crippen LogP contribution in [0.2, 0.25) is 0 Å². The lowest BCUT2D eigenvalue weighted by molar-refractivity contribution is -0.142. The summed E-state index contributed by atoms with van der Waals surface area (Å²) in [7, 11) is 0. The molecule has 0 fully saturated rings. The molecular weight excluding hydrogens is 131 g/mol. The number of hydrogen-bond donors (Lipinski definition) is 1. The molecule has 0 radical (unpaired) electrons. The Kier molecular flexibility index (Phi) is 8.95. The lowest BCUT2D eigenvalue weighted by Crippen LogP contribution is -2.05. The molecule has 0 amide bonds. The van der Waals surface area contributed by atoms with Gasteiger partial charge in [0.05, 0.1) is 0 Å². The van der Waals surface area contributed by atoms with Crippen molar-refractivity contribution in [2.75, 3.05) is 13.2 Å². The first-order valence-corrected chi connectivity index (χ1v) is 2.07. The van der Waals surface area contributed by atoms with Gasteiger partial charge in [0.15, 0.2) is 0 Å². The number of hydrogen-bond acceptors (Lipinski definition) is 2. The van der Waals surface area contributed by atoms with E-state index in [1.807, 2.05) is 0 Å². The number of ether oxygens (including phenoxy) is 1. The number of carboxylic acid groups (broad SMARTS) is 1. The Balaban J connectivity index is 0. The number of carboxylic acids is 1. The molecule has 0 aromatic rings. The summed E-state index contributed by atoms with van der Waals surface area (Å²) in [5.74, 6) is -0.915. The van der Waals surface area contributed by atoms with Gasteiger partial charge in [0.25, 0.3) is 0 Å². The van der Waals surface area contributed by atoms with Gasteiger partial charge >= 0.3 is 5.97 Å². The summed E-state index contributed by atoms with van der Waals surface area (Å²) in [5, 5.41) is 7.92. The zero-order chi connectivity index (χ0) is 5.70. The first-order valence-electron chi connectivity index (χ1n) is 2.07. The van der Waals surface area contributed by atoms with Crippen LogP contribution in [0.25, 0.3) is 0 Å². The van der Waals surface area contributed by atoms with Crippen molar-refractivity contribution in [3.63, 3.8) is 0 Å². The highest BCUT2D eigenvalue weighted by Gasteiger charge is 1.90. The molecular formula is C4H9ClO3. The normalized spacial score (nSPS) is 7.62. The minimum absolute atomic E-state index is 0. The van der Waals surface area contributed by atoms with Crippen LogP contribution in [0.5, 0.6) is 0 Å². The topological polar surface area (TPSA) is 46.5 Å². The molecule has 8 heavy (non-hydrogen) atoms. The van der Waals surface area contributed by atoms with Crippen molar-refractivity contribution in [1.82, 2.24) is 0 Å². The van der Waals surface area contributed by atoms with Gasteiger partial charge < -0.3 is 9.84 Å². The molecule has 0 rings (SSSR count). The fourth-order valence-electron chi connectivity index (χ4n) is 0.189. The summed E-state index contributed by atoms with van der Waals surface area (Å²) in [6.45, 7) is 2.03. The summed E-state index contributed by atoms with van der Waals surface area (Å²) in [6.07, 6.45) is 0. The monoisotopic (exact) mass is 140 g/mol. The first kappa shape index (κ1) is 10.7. The third-order valence-corrected chi connectivity index (χ3v) is 0.430. The van der Waals surface area contributed by atoms with Crippen LogP contribution < -0.4 is 0 Å². The number of carbonyl (C=O) groups is 1. The van der Waals surface area contributed by atoms with Crippen molar-refractivity contribution in [2.45, 2.75) is 6.92 Å². The molecule has 0 saturated carbocycles. The Morgan fingerprint density at radius 3 is 2.38 bits per heavy atom. The fourth-order valence-corrected chi connectivity index (χ4v) is 0.189. The minimum Gasteiger partial charge on any atom is -0.480 e. The quantitative estimate of drug-likeness (QED) is 0.622. The molecule has 0 unspecified atom stereocenters. The van der Waals surface area contributed by atoms with Gasteiger partial charge in [-0.1, -0.05) is 0 Å². The van der Waals surface area contributed by atoms with Gasteiger partial charge in [-0.3, -0.25) is 0 Å². The van der Waals surface area contributed by atoms with Gasteiger partial charge in [-0.15, -0.1) is 12.4 Å². The molecule has 1 N–H and O–H groups in total. The molecule has 0 saturated heterocycles. The van der Waals surface area contributed by atoms with E-state index in [4.69, 9.17) is 5.11 Å². The molecule has 3 nitrogen and oxygen atoms in total. The molecule has 50 valence electrons. The Labute approximate surface area is 54.1 Å². The molecule has 0 aliphatic heterocycles. The zero-order valence-electron chi connectivity index (χ0n) is 4.59. The van der Waals surface area contributed by atoms with Gasteiger partial charge in [-0.25, -0.2) is 4.79 Å². The maximum Gasteiger partial charge on any atom is 0.329 e. The van der Waals surface area contributed by atoms with Gasteiger partial charge in [0.1, 0.15) is 6.61 Å². The van der Waals surface area contributed by atoms with E-state index in [0.717, 1.165) is 0 Å². The molecule has 4 heteroatoms. The summed E-state index contributed by atoms with van der Waals surface area (Å²) in [5.41, 5.74) is 0. The van der Waals surface area contributed by atoms with Crippen molar-refractivity contribution in [1.29, 1.82) is 0 Å². The first-order chi connectivity index (χ1) is 3.27. The van der Waals surface area contributed by atoms with Crippen LogP contribution in [0.3, 0.4) is 0 Å². The third-order valence-electron chi connectivity index (χ3n) is 0.430. The van der Waals surface area contributed by atoms with Crippen LogP contribution in [0.1, 0.15) is 6.92 Å². The summed E-state index contributed by atoms with van der Waals surface area (Å²) < 4.78 is 4.50. The van der Waals surface area contributed by atoms with Crippen LogP contribution in [-0.4, -0.2) is 24.3 Å². The van der Waals surface area contributed by atoms with Gasteiger partial charge in [0, 0.05) is 6.61 Å². The minimum atomic E-state index is -0.915. The van der Waals surface area contributed by atoms with E-state index in [1.54, 1.807) is 6.92 Å². The zero-order valence-corrected chi connectivity index (χ0v) is 5.40. The highest BCUT2D eigenvalue weighted by Crippen LogP contribution is 1.69. The van der Waals surface area contributed by atoms with Crippen LogP contribution in [0.15, 0.2) is 0 Å². The van der Waals surface area contributed by atoms with E-state index in [2.05, 4.69) is 4.74 Å². The highest BCUT2D eigenvalue weighted by molar-refractivity contribution is 5.85. The molecule has 0 aliphatic carbocycles. The summed E-state index contributed by atoms with van der Waals surface area (Å²) >= 11 is 0. The van der Waals surface area contributed by atoms with Crippen molar-refractivity contribution in [3.05, 3.63) is 0 Å². The largest absolute Gasteiger partial charge is 0.480 e. The lowest BCUT2D eigenvalue weighted by atomic mass is 10.7. The molecule has 0 aromatic heterocycles. The second-order valence-corrected chi connectivity index (χ2v) is 1.03. The van der Waals surface area contributed by atoms with Crippen molar-refractivity contribution < 1.29 is 14.6 Å². The summed E-state index contributed by atoms with van der Waals surface area (Å²) in [6, 6.07) is 0. The van der Waals surface area contributed by atoms with Gasteiger partial charge in [-0.2, -0.15) is 0 Å². The van der Waals surface area contributed by atoms with Crippen LogP contribution in [0.4, 0.5) is 0 Å². The Bertz CT molecular complexity index is 64.3. The average Bonchev–Trinajstić information content (AvgIpc) is 1.61. The maximum atomic E-state index is 9.63. The predicted molar refractivity (Wildman–Crippen MR) is 31.4 cm³/mol. The number of rotatable bonds is 3. The van der Waals surface area contributed by atoms with E-state index in [1.165, 1.54) is 0 Å². The van der Waals surface area contributed by atoms with Gasteiger partial charge in [0.2, 0.25) is 0 Å². The van der Waals surface area contributed by atoms with E-state index < -0.39 is 5.97 Å². The van der Waals surface area contributed by atoms with E-state index in [0.29, 0.717) is 6.61 Å². The standard InChI is InChI=1S/C4H8O3.ClH/c1-2-7-3-4(5)6;/h2-3H2,1H3,(H,5,6);1H. The third kappa shape index (κ3) is 9.21. The van der Waals surface area contributed by atoms with E-state index in [-0.39, 0.29) is 19.0 Å². The Morgan fingerprint density at radius 2 is 2.25 bits per heavy atom. The Hall–Kier alpha value is -0.280. The SMILES string of the molecule is CCOCC(=O)O.Cl. The van der Waals surface area contributed by atoms with Crippen LogP contribution >= 0.6 is 12.4 Å². The highest BCUT2D eigenvalue weighted by atomic mass is 35.5. The maximum absolute atomic E-state index is 9.63. The van der Waals surface area contributed by atoms with Crippen molar-refractivity contribution in [2.24, 2.45) is 0 Å². The van der Waals surface area contributed by atoms with E-state index >= 15 is 0 Å². The molecule has 0 heterocycles. The molecule has 0 bridgehead atoms. The predicted octanol–water partition coefficient (Wildman–Crippen LogP) is 0.529. The molecule has 0 aromatic carbocycles. The number of halogens is 1. The smallest absolute Gasteiger partial charge is 0.329 e. The van der Waals surface area contributed by atoms with Crippen LogP contribution in [-0.2, 0) is 9.53 Å². The van der Waals surface area contributed by atoms with Crippen LogP contribution in [0, 0.1) is 0 Å². The van der Waals surface area contributed by atoms with Crippen molar-refractivity contribution in [3.8, 4) is 0 Å². The summed E-state index contributed by atoms with van der Waals surface area (Å²) in [4.78, 5) is 9.63. The van der Waals surface area contributed by atoms with E-state index in [9.17, 15) is 4.79 Å². The molecule has 0 atom stereocenters. The second-order valence-electron chi connectivity index (χ2n) is 1.03. The Morgan fingerprint density at radius 1 is 1.75 bits per heavy atom. The second kappa shape index (κ2) is 6.72. The van der Waals surface area contributed by atoms with Gasteiger partial charge in [-0.05, 0) is 6.92 Å². The average molecular weight is 141 g/mol. The molecule has 0 aliphatic rings. The number of aliphatic carboxylic acids is 1. The van der Waals surface area contributed by atoms with Crippen molar-refractivity contribution >= 4 is 18.4 Å². The molecule has 0 spiro atoms.